The van der Waals surface area contributed by atoms with Gasteiger partial charge in [0, 0.05) is 38.9 Å². The zero-order valence-electron chi connectivity index (χ0n) is 12.7. The van der Waals surface area contributed by atoms with Crippen molar-refractivity contribution in [2.75, 3.05) is 50.2 Å². The Balaban J connectivity index is 1.90. The second-order valence-corrected chi connectivity index (χ2v) is 5.26. The molecular weight excluding hydrogens is 285 g/mol. The van der Waals surface area contributed by atoms with E-state index in [4.69, 9.17) is 4.74 Å². The molecule has 0 radical (unpaired) electrons. The van der Waals surface area contributed by atoms with Crippen molar-refractivity contribution in [3.05, 3.63) is 30.3 Å². The van der Waals surface area contributed by atoms with Gasteiger partial charge in [0.15, 0.2) is 17.5 Å². The molecule has 1 aliphatic rings. The van der Waals surface area contributed by atoms with Crippen LogP contribution < -0.4 is 9.80 Å². The van der Waals surface area contributed by atoms with Gasteiger partial charge in [-0.15, -0.1) is 0 Å². The van der Waals surface area contributed by atoms with Crippen molar-refractivity contribution in [2.45, 2.75) is 0 Å². The molecule has 2 aromatic rings. The fourth-order valence-corrected chi connectivity index (χ4v) is 2.28. The van der Waals surface area contributed by atoms with E-state index in [9.17, 15) is 4.39 Å². The van der Waals surface area contributed by atoms with Gasteiger partial charge in [0.1, 0.15) is 5.82 Å². The van der Waals surface area contributed by atoms with Gasteiger partial charge in [0.05, 0.1) is 19.4 Å². The molecule has 0 aliphatic carbocycles. The first-order valence-corrected chi connectivity index (χ1v) is 7.14. The zero-order chi connectivity index (χ0) is 15.5. The van der Waals surface area contributed by atoms with Gasteiger partial charge in [-0.05, 0) is 12.1 Å². The molecule has 0 unspecified atom stereocenters. The van der Waals surface area contributed by atoms with E-state index < -0.39 is 5.82 Å². The SMILES string of the molecule is CN(C)c1ccc(-c2ncc(F)c(N3CCOCC3)n2)cn1. The van der Waals surface area contributed by atoms with Crippen LogP contribution in [0.3, 0.4) is 0 Å². The lowest BCUT2D eigenvalue weighted by atomic mass is 10.2. The molecule has 0 N–H and O–H groups in total. The fraction of sp³-hybridized carbons (Fsp3) is 0.400. The molecule has 0 atom stereocenters. The summed E-state index contributed by atoms with van der Waals surface area (Å²) in [5.41, 5.74) is 0.764. The van der Waals surface area contributed by atoms with Crippen molar-refractivity contribution in [2.24, 2.45) is 0 Å². The van der Waals surface area contributed by atoms with E-state index >= 15 is 0 Å². The largest absolute Gasteiger partial charge is 0.378 e. The molecule has 1 fully saturated rings. The molecule has 3 rings (SSSR count). The zero-order valence-corrected chi connectivity index (χ0v) is 12.7. The lowest BCUT2D eigenvalue weighted by molar-refractivity contribution is 0.122. The van der Waals surface area contributed by atoms with Gasteiger partial charge in [-0.2, -0.15) is 0 Å². The first-order valence-electron chi connectivity index (χ1n) is 7.14. The van der Waals surface area contributed by atoms with E-state index in [1.165, 1.54) is 6.20 Å². The van der Waals surface area contributed by atoms with Gasteiger partial charge >= 0.3 is 0 Å². The Morgan fingerprint density at radius 2 is 1.91 bits per heavy atom. The number of nitrogens with zero attached hydrogens (tertiary/aromatic N) is 5. The molecule has 1 aliphatic heterocycles. The van der Waals surface area contributed by atoms with Crippen LogP contribution in [0, 0.1) is 5.82 Å². The molecule has 0 amide bonds. The Kier molecular flexibility index (Phi) is 4.15. The standard InChI is InChI=1S/C15H18FN5O/c1-20(2)13-4-3-11(9-17-13)14-18-10-12(16)15(19-14)21-5-7-22-8-6-21/h3-4,9-10H,5-8H2,1-2H3. The molecular formula is C15H18FN5O. The summed E-state index contributed by atoms with van der Waals surface area (Å²) >= 11 is 0. The maximum atomic E-state index is 14.0. The third-order valence-corrected chi connectivity index (χ3v) is 3.50. The number of rotatable bonds is 3. The van der Waals surface area contributed by atoms with E-state index in [1.54, 1.807) is 6.20 Å². The van der Waals surface area contributed by atoms with Crippen LogP contribution >= 0.6 is 0 Å². The highest BCUT2D eigenvalue weighted by Gasteiger charge is 2.18. The molecule has 3 heterocycles. The van der Waals surface area contributed by atoms with Gasteiger partial charge in [-0.1, -0.05) is 0 Å². The minimum absolute atomic E-state index is 0.324. The second kappa shape index (κ2) is 6.23. The lowest BCUT2D eigenvalue weighted by Gasteiger charge is -2.28. The predicted molar refractivity (Wildman–Crippen MR) is 82.6 cm³/mol. The number of ether oxygens (including phenoxy) is 1. The molecule has 0 bridgehead atoms. The van der Waals surface area contributed by atoms with Crippen molar-refractivity contribution in [3.8, 4) is 11.4 Å². The molecule has 7 heteroatoms. The van der Waals surface area contributed by atoms with Crippen LogP contribution in [0.2, 0.25) is 0 Å². The number of halogens is 1. The van der Waals surface area contributed by atoms with E-state index in [1.807, 2.05) is 36.0 Å². The summed E-state index contributed by atoms with van der Waals surface area (Å²) in [5.74, 6) is 1.23. The monoisotopic (exact) mass is 303 g/mol. The maximum absolute atomic E-state index is 14.0. The highest BCUT2D eigenvalue weighted by atomic mass is 19.1. The maximum Gasteiger partial charge on any atom is 0.183 e. The van der Waals surface area contributed by atoms with Crippen LogP contribution in [0.4, 0.5) is 16.0 Å². The Bertz CT molecular complexity index is 641. The van der Waals surface area contributed by atoms with Gasteiger partial charge in [-0.3, -0.25) is 0 Å². The topological polar surface area (TPSA) is 54.4 Å². The molecule has 116 valence electrons. The smallest absolute Gasteiger partial charge is 0.183 e. The van der Waals surface area contributed by atoms with Gasteiger partial charge in [0.25, 0.3) is 0 Å². The number of pyridine rings is 1. The van der Waals surface area contributed by atoms with Crippen molar-refractivity contribution < 1.29 is 9.13 Å². The Morgan fingerprint density at radius 1 is 1.14 bits per heavy atom. The van der Waals surface area contributed by atoms with E-state index in [0.717, 1.165) is 11.4 Å². The van der Waals surface area contributed by atoms with E-state index in [-0.39, 0.29) is 0 Å². The lowest BCUT2D eigenvalue weighted by Crippen LogP contribution is -2.37. The number of aromatic nitrogens is 3. The van der Waals surface area contributed by atoms with Gasteiger partial charge in [-0.25, -0.2) is 19.3 Å². The van der Waals surface area contributed by atoms with Crippen LogP contribution in [0.15, 0.2) is 24.5 Å². The number of hydrogen-bond acceptors (Lipinski definition) is 6. The van der Waals surface area contributed by atoms with Crippen molar-refractivity contribution in [1.29, 1.82) is 0 Å². The summed E-state index contributed by atoms with van der Waals surface area (Å²) in [6, 6.07) is 3.77. The van der Waals surface area contributed by atoms with Gasteiger partial charge in [0.2, 0.25) is 0 Å². The molecule has 6 nitrogen and oxygen atoms in total. The molecule has 22 heavy (non-hydrogen) atoms. The average Bonchev–Trinajstić information content (AvgIpc) is 2.56. The number of morpholine rings is 1. The Labute approximate surface area is 128 Å². The first-order chi connectivity index (χ1) is 10.6. The third kappa shape index (κ3) is 2.99. The van der Waals surface area contributed by atoms with Crippen LogP contribution in [0.1, 0.15) is 0 Å². The summed E-state index contributed by atoms with van der Waals surface area (Å²) < 4.78 is 19.3. The van der Waals surface area contributed by atoms with Crippen LogP contribution in [0.5, 0.6) is 0 Å². The summed E-state index contributed by atoms with van der Waals surface area (Å²) in [6.45, 7) is 2.42. The van der Waals surface area contributed by atoms with Crippen LogP contribution in [0.25, 0.3) is 11.4 Å². The van der Waals surface area contributed by atoms with Crippen LogP contribution in [-0.4, -0.2) is 55.4 Å². The molecule has 2 aromatic heterocycles. The minimum atomic E-state index is -0.413. The van der Waals surface area contributed by atoms with E-state index in [2.05, 4.69) is 15.0 Å². The molecule has 0 spiro atoms. The first kappa shape index (κ1) is 14.6. The second-order valence-electron chi connectivity index (χ2n) is 5.26. The highest BCUT2D eigenvalue weighted by molar-refractivity contribution is 5.58. The normalized spacial score (nSPS) is 15.0. The molecule has 1 saturated heterocycles. The summed E-state index contributed by atoms with van der Waals surface area (Å²) in [4.78, 5) is 16.6. The third-order valence-electron chi connectivity index (χ3n) is 3.50. The summed E-state index contributed by atoms with van der Waals surface area (Å²) in [7, 11) is 3.85. The van der Waals surface area contributed by atoms with Crippen molar-refractivity contribution in [3.63, 3.8) is 0 Å². The van der Waals surface area contributed by atoms with E-state index in [0.29, 0.717) is 37.9 Å². The summed E-state index contributed by atoms with van der Waals surface area (Å²) in [5, 5.41) is 0. The fourth-order valence-electron chi connectivity index (χ4n) is 2.28. The van der Waals surface area contributed by atoms with Crippen molar-refractivity contribution in [1.82, 2.24) is 15.0 Å². The molecule has 0 aromatic carbocycles. The Morgan fingerprint density at radius 3 is 2.55 bits per heavy atom. The van der Waals surface area contributed by atoms with Crippen molar-refractivity contribution >= 4 is 11.6 Å². The predicted octanol–water partition coefficient (Wildman–Crippen LogP) is 1.58. The van der Waals surface area contributed by atoms with Crippen LogP contribution in [-0.2, 0) is 4.74 Å². The highest BCUT2D eigenvalue weighted by Crippen LogP contribution is 2.22. The minimum Gasteiger partial charge on any atom is -0.378 e. The average molecular weight is 303 g/mol. The van der Waals surface area contributed by atoms with Gasteiger partial charge < -0.3 is 14.5 Å². The quantitative estimate of drug-likeness (QED) is 0.858. The Hall–Kier alpha value is -2.28. The number of hydrogen-bond donors (Lipinski definition) is 0. The molecule has 0 saturated carbocycles. The number of anilines is 2. The summed E-state index contributed by atoms with van der Waals surface area (Å²) in [6.07, 6.45) is 2.92.